The zero-order chi connectivity index (χ0) is 11.4. The molecule has 0 bridgehead atoms. The number of hydrogen-bond donors (Lipinski definition) is 2. The maximum atomic E-state index is 9.96. The van der Waals surface area contributed by atoms with E-state index < -0.39 is 6.10 Å². The number of aliphatic hydroxyl groups excluding tert-OH is 1. The summed E-state index contributed by atoms with van der Waals surface area (Å²) in [6.45, 7) is 0.506. The van der Waals surface area contributed by atoms with Gasteiger partial charge < -0.3 is 10.2 Å². The summed E-state index contributed by atoms with van der Waals surface area (Å²) in [6.07, 6.45) is 3.25. The monoisotopic (exact) mass is 216 g/mol. The van der Waals surface area contributed by atoms with Gasteiger partial charge in [-0.2, -0.15) is 0 Å². The fourth-order valence-corrected chi connectivity index (χ4v) is 1.56. The first-order valence-corrected chi connectivity index (χ1v) is 5.17. The van der Waals surface area contributed by atoms with Gasteiger partial charge in [-0.15, -0.1) is 0 Å². The van der Waals surface area contributed by atoms with Gasteiger partial charge in [-0.3, -0.25) is 0 Å². The number of aliphatic hydroxyl groups is 1. The lowest BCUT2D eigenvalue weighted by Crippen LogP contribution is -2.35. The summed E-state index contributed by atoms with van der Waals surface area (Å²) in [4.78, 5) is 0. The molecule has 0 aliphatic heterocycles. The van der Waals surface area contributed by atoms with Crippen molar-refractivity contribution in [1.82, 2.24) is 0 Å². The molecule has 2 N–H and O–H groups in total. The summed E-state index contributed by atoms with van der Waals surface area (Å²) in [5, 5.41) is 19.1. The maximum absolute atomic E-state index is 9.96. The summed E-state index contributed by atoms with van der Waals surface area (Å²) in [7, 11) is 0. The van der Waals surface area contributed by atoms with Crippen molar-refractivity contribution in [3.05, 3.63) is 60.4 Å². The molecule has 82 valence electrons. The van der Waals surface area contributed by atoms with Gasteiger partial charge in [0.1, 0.15) is 11.9 Å². The lowest BCUT2D eigenvalue weighted by Gasteiger charge is -2.07. The van der Waals surface area contributed by atoms with E-state index in [0.29, 0.717) is 6.54 Å². The molecule has 0 aliphatic carbocycles. The minimum absolute atomic E-state index is 0.211. The van der Waals surface area contributed by atoms with E-state index in [1.54, 1.807) is 24.3 Å². The Labute approximate surface area is 94.2 Å². The lowest BCUT2D eigenvalue weighted by atomic mass is 10.1. The van der Waals surface area contributed by atoms with Crippen LogP contribution >= 0.6 is 0 Å². The summed E-state index contributed by atoms with van der Waals surface area (Å²) in [5.74, 6) is 0.211. The lowest BCUT2D eigenvalue weighted by molar-refractivity contribution is -0.704. The molecule has 1 unspecified atom stereocenters. The number of phenolic OH excluding ortho intramolecular Hbond substituents is 1. The third-order valence-electron chi connectivity index (χ3n) is 2.44. The van der Waals surface area contributed by atoms with Crippen molar-refractivity contribution < 1.29 is 14.8 Å². The fraction of sp³-hybridized carbons (Fsp3) is 0.154. The minimum atomic E-state index is -0.562. The number of aromatic nitrogens is 1. The van der Waals surface area contributed by atoms with Gasteiger partial charge in [0.25, 0.3) is 0 Å². The zero-order valence-corrected chi connectivity index (χ0v) is 8.82. The molecule has 2 aromatic rings. The highest BCUT2D eigenvalue weighted by Crippen LogP contribution is 2.16. The van der Waals surface area contributed by atoms with Crippen molar-refractivity contribution in [2.24, 2.45) is 0 Å². The molecule has 1 aromatic heterocycles. The first-order chi connectivity index (χ1) is 7.75. The molecule has 16 heavy (non-hydrogen) atoms. The average molecular weight is 216 g/mol. The van der Waals surface area contributed by atoms with Crippen molar-refractivity contribution in [3.8, 4) is 5.75 Å². The zero-order valence-electron chi connectivity index (χ0n) is 8.82. The van der Waals surface area contributed by atoms with Crippen LogP contribution in [0.15, 0.2) is 54.9 Å². The van der Waals surface area contributed by atoms with Gasteiger partial charge in [0.05, 0.1) is 0 Å². The highest BCUT2D eigenvalue weighted by atomic mass is 16.3. The summed E-state index contributed by atoms with van der Waals surface area (Å²) in [6, 6.07) is 12.4. The standard InChI is InChI=1S/C13H13NO2/c15-12-6-4-11(5-7-12)13(16)10-14-8-2-1-3-9-14/h1-9,13,16H,10H2/p+1. The Balaban J connectivity index is 2.09. The predicted octanol–water partition coefficient (Wildman–Crippen LogP) is 1.41. The van der Waals surface area contributed by atoms with Crippen LogP contribution in [0.3, 0.4) is 0 Å². The van der Waals surface area contributed by atoms with Crippen molar-refractivity contribution in [3.63, 3.8) is 0 Å². The molecule has 2 rings (SSSR count). The van der Waals surface area contributed by atoms with Gasteiger partial charge in [0.15, 0.2) is 18.9 Å². The average Bonchev–Trinajstić information content (AvgIpc) is 2.31. The number of hydrogen-bond acceptors (Lipinski definition) is 2. The number of nitrogens with zero attached hydrogens (tertiary/aromatic N) is 1. The maximum Gasteiger partial charge on any atom is 0.178 e. The molecule has 0 saturated carbocycles. The highest BCUT2D eigenvalue weighted by molar-refractivity contribution is 5.26. The van der Waals surface area contributed by atoms with Crippen molar-refractivity contribution in [2.75, 3.05) is 0 Å². The van der Waals surface area contributed by atoms with E-state index in [-0.39, 0.29) is 5.75 Å². The minimum Gasteiger partial charge on any atom is -0.508 e. The van der Waals surface area contributed by atoms with E-state index in [1.165, 1.54) is 0 Å². The molecule has 0 radical (unpaired) electrons. The molecule has 0 saturated heterocycles. The van der Waals surface area contributed by atoms with Crippen LogP contribution in [0.1, 0.15) is 11.7 Å². The van der Waals surface area contributed by atoms with Crippen molar-refractivity contribution in [1.29, 1.82) is 0 Å². The van der Waals surface area contributed by atoms with Gasteiger partial charge in [0, 0.05) is 12.1 Å². The summed E-state index contributed by atoms with van der Waals surface area (Å²) < 4.78 is 1.91. The van der Waals surface area contributed by atoms with Crippen LogP contribution in [0, 0.1) is 0 Å². The summed E-state index contributed by atoms with van der Waals surface area (Å²) in [5.41, 5.74) is 0.800. The number of benzene rings is 1. The Morgan fingerprint density at radius 2 is 1.62 bits per heavy atom. The SMILES string of the molecule is Oc1ccc(C(O)C[n+]2ccccc2)cc1. The third kappa shape index (κ3) is 2.58. The molecule has 0 fully saturated rings. The summed E-state index contributed by atoms with van der Waals surface area (Å²) >= 11 is 0. The fourth-order valence-electron chi connectivity index (χ4n) is 1.56. The van der Waals surface area contributed by atoms with Crippen LogP contribution in [0.5, 0.6) is 5.75 Å². The second kappa shape index (κ2) is 4.77. The molecule has 3 nitrogen and oxygen atoms in total. The van der Waals surface area contributed by atoms with E-state index >= 15 is 0 Å². The molecule has 3 heteroatoms. The molecule has 0 amide bonds. The van der Waals surface area contributed by atoms with E-state index in [0.717, 1.165) is 5.56 Å². The van der Waals surface area contributed by atoms with Gasteiger partial charge in [-0.25, -0.2) is 4.57 Å². The Morgan fingerprint density at radius 3 is 2.25 bits per heavy atom. The Kier molecular flexibility index (Phi) is 3.17. The quantitative estimate of drug-likeness (QED) is 0.762. The Morgan fingerprint density at radius 1 is 1.00 bits per heavy atom. The van der Waals surface area contributed by atoms with Gasteiger partial charge >= 0.3 is 0 Å². The van der Waals surface area contributed by atoms with Crippen molar-refractivity contribution >= 4 is 0 Å². The van der Waals surface area contributed by atoms with E-state index in [4.69, 9.17) is 5.11 Å². The molecular formula is C13H14NO2+. The van der Waals surface area contributed by atoms with Gasteiger partial charge in [0.2, 0.25) is 0 Å². The van der Waals surface area contributed by atoms with Gasteiger partial charge in [-0.05, 0) is 17.7 Å². The number of rotatable bonds is 3. The normalized spacial score (nSPS) is 12.3. The largest absolute Gasteiger partial charge is 0.508 e. The Bertz CT molecular complexity index is 439. The van der Waals surface area contributed by atoms with Crippen LogP contribution in [0.2, 0.25) is 0 Å². The van der Waals surface area contributed by atoms with Gasteiger partial charge in [-0.1, -0.05) is 18.2 Å². The predicted molar refractivity (Wildman–Crippen MR) is 59.7 cm³/mol. The first kappa shape index (κ1) is 10.6. The van der Waals surface area contributed by atoms with Crippen molar-refractivity contribution in [2.45, 2.75) is 12.6 Å². The van der Waals surface area contributed by atoms with E-state index in [9.17, 15) is 5.11 Å². The second-order valence-electron chi connectivity index (χ2n) is 3.68. The molecule has 0 aliphatic rings. The smallest absolute Gasteiger partial charge is 0.178 e. The third-order valence-corrected chi connectivity index (χ3v) is 2.44. The van der Waals surface area contributed by atoms with Crippen LogP contribution < -0.4 is 4.57 Å². The van der Waals surface area contributed by atoms with Crippen LogP contribution in [0.25, 0.3) is 0 Å². The number of aromatic hydroxyl groups is 1. The molecular weight excluding hydrogens is 202 g/mol. The number of pyridine rings is 1. The second-order valence-corrected chi connectivity index (χ2v) is 3.68. The number of phenols is 1. The Hall–Kier alpha value is -1.87. The first-order valence-electron chi connectivity index (χ1n) is 5.17. The molecule has 0 spiro atoms. The van der Waals surface area contributed by atoms with Crippen LogP contribution in [-0.2, 0) is 6.54 Å². The van der Waals surface area contributed by atoms with Crippen LogP contribution in [0.4, 0.5) is 0 Å². The van der Waals surface area contributed by atoms with E-state index in [1.807, 2.05) is 35.2 Å². The topological polar surface area (TPSA) is 44.3 Å². The molecule has 1 heterocycles. The molecule has 1 atom stereocenters. The van der Waals surface area contributed by atoms with Crippen LogP contribution in [-0.4, -0.2) is 10.2 Å². The van der Waals surface area contributed by atoms with E-state index in [2.05, 4.69) is 0 Å². The molecule has 1 aromatic carbocycles. The highest BCUT2D eigenvalue weighted by Gasteiger charge is 2.12.